The maximum atomic E-state index is 12.8. The maximum absolute atomic E-state index is 12.8. The van der Waals surface area contributed by atoms with Crippen molar-refractivity contribution in [1.82, 2.24) is 18.7 Å². The van der Waals surface area contributed by atoms with E-state index in [1.54, 1.807) is 17.7 Å². The summed E-state index contributed by atoms with van der Waals surface area (Å²) in [5.74, 6) is 0.191. The van der Waals surface area contributed by atoms with Crippen LogP contribution in [-0.2, 0) is 20.6 Å². The fourth-order valence-electron chi connectivity index (χ4n) is 2.70. The second kappa shape index (κ2) is 7.89. The lowest BCUT2D eigenvalue weighted by atomic mass is 10.2. The summed E-state index contributed by atoms with van der Waals surface area (Å²) in [5, 5.41) is 19.7. The summed E-state index contributed by atoms with van der Waals surface area (Å²) >= 11 is 7.46. The van der Waals surface area contributed by atoms with Crippen LogP contribution >= 0.6 is 23.4 Å². The van der Waals surface area contributed by atoms with Crippen LogP contribution in [0.15, 0.2) is 39.0 Å². The van der Waals surface area contributed by atoms with E-state index in [1.807, 2.05) is 18.2 Å². The lowest BCUT2D eigenvalue weighted by molar-refractivity contribution is 0.113. The van der Waals surface area contributed by atoms with E-state index < -0.39 is 17.4 Å². The average Bonchev–Trinajstić information content (AvgIpc) is 3.03. The quantitative estimate of drug-likeness (QED) is 0.576. The van der Waals surface area contributed by atoms with Crippen molar-refractivity contribution in [2.75, 3.05) is 12.4 Å². The average molecular weight is 411 g/mol. The van der Waals surface area contributed by atoms with Crippen LogP contribution in [0, 0.1) is 0 Å². The van der Waals surface area contributed by atoms with Crippen molar-refractivity contribution in [3.05, 3.63) is 55.7 Å². The molecule has 1 aromatic carbocycles. The van der Waals surface area contributed by atoms with E-state index in [1.165, 1.54) is 23.4 Å². The number of aliphatic hydroxyl groups excluding tert-OH is 2. The van der Waals surface area contributed by atoms with Crippen molar-refractivity contribution in [3.8, 4) is 0 Å². The van der Waals surface area contributed by atoms with E-state index in [-0.39, 0.29) is 30.1 Å². The Labute approximate surface area is 163 Å². The van der Waals surface area contributed by atoms with Crippen molar-refractivity contribution >= 4 is 34.5 Å². The van der Waals surface area contributed by atoms with E-state index in [4.69, 9.17) is 16.7 Å². The lowest BCUT2D eigenvalue weighted by Gasteiger charge is -2.11. The zero-order valence-electron chi connectivity index (χ0n) is 14.8. The molecule has 0 aliphatic heterocycles. The largest absolute Gasteiger partial charge is 0.394 e. The molecule has 0 radical (unpaired) electrons. The van der Waals surface area contributed by atoms with Gasteiger partial charge in [0, 0.05) is 24.9 Å². The van der Waals surface area contributed by atoms with Crippen LogP contribution < -0.4 is 11.2 Å². The Morgan fingerprint density at radius 1 is 1.22 bits per heavy atom. The zero-order chi connectivity index (χ0) is 19.7. The van der Waals surface area contributed by atoms with Gasteiger partial charge in [-0.15, -0.1) is 0 Å². The summed E-state index contributed by atoms with van der Waals surface area (Å²) < 4.78 is 4.03. The van der Waals surface area contributed by atoms with E-state index in [9.17, 15) is 14.7 Å². The fourth-order valence-corrected chi connectivity index (χ4v) is 3.81. The molecule has 1 atom stereocenters. The van der Waals surface area contributed by atoms with Crippen LogP contribution in [0.3, 0.4) is 0 Å². The van der Waals surface area contributed by atoms with Crippen LogP contribution in [0.5, 0.6) is 0 Å². The number of hydrogen-bond acceptors (Lipinski definition) is 6. The van der Waals surface area contributed by atoms with Crippen molar-refractivity contribution in [3.63, 3.8) is 0 Å². The van der Waals surface area contributed by atoms with Gasteiger partial charge in [0.05, 0.1) is 19.3 Å². The third-order valence-electron chi connectivity index (χ3n) is 4.21. The highest BCUT2D eigenvalue weighted by Gasteiger charge is 2.20. The number of thioether (sulfide) groups is 1. The van der Waals surface area contributed by atoms with Gasteiger partial charge in [0.15, 0.2) is 16.3 Å². The number of hydrogen-bond donors (Lipinski definition) is 2. The summed E-state index contributed by atoms with van der Waals surface area (Å²) in [5.41, 5.74) is 0.402. The molecule has 144 valence electrons. The molecule has 3 aromatic rings. The lowest BCUT2D eigenvalue weighted by Crippen LogP contribution is -2.37. The first-order valence-electron chi connectivity index (χ1n) is 8.16. The molecule has 2 N–H and O–H groups in total. The van der Waals surface area contributed by atoms with Gasteiger partial charge in [-0.3, -0.25) is 13.9 Å². The van der Waals surface area contributed by atoms with E-state index >= 15 is 0 Å². The summed E-state index contributed by atoms with van der Waals surface area (Å²) in [4.78, 5) is 29.4. The second-order valence-corrected chi connectivity index (χ2v) is 7.49. The minimum atomic E-state index is -0.921. The molecule has 0 aliphatic rings. The van der Waals surface area contributed by atoms with Crippen molar-refractivity contribution in [1.29, 1.82) is 0 Å². The highest BCUT2D eigenvalue weighted by atomic mass is 35.5. The number of nitrogens with zero attached hydrogens (tertiary/aromatic N) is 4. The van der Waals surface area contributed by atoms with Crippen molar-refractivity contribution in [2.24, 2.45) is 14.1 Å². The van der Waals surface area contributed by atoms with Gasteiger partial charge in [-0.1, -0.05) is 41.6 Å². The normalized spacial score (nSPS) is 12.6. The highest BCUT2D eigenvalue weighted by molar-refractivity contribution is 7.99. The number of benzene rings is 1. The first-order chi connectivity index (χ1) is 12.8. The summed E-state index contributed by atoms with van der Waals surface area (Å²) in [6.07, 6.45) is -0.921. The van der Waals surface area contributed by atoms with Crippen LogP contribution in [0.25, 0.3) is 11.2 Å². The molecule has 2 aromatic heterocycles. The predicted octanol–water partition coefficient (Wildman–Crippen LogP) is 0.581. The van der Waals surface area contributed by atoms with Gasteiger partial charge in [-0.2, -0.15) is 0 Å². The van der Waals surface area contributed by atoms with E-state index in [0.717, 1.165) is 10.1 Å². The zero-order valence-corrected chi connectivity index (χ0v) is 16.4. The van der Waals surface area contributed by atoms with E-state index in [2.05, 4.69) is 4.98 Å². The Bertz CT molecular complexity index is 1100. The number of aliphatic hydroxyl groups is 2. The Kier molecular flexibility index (Phi) is 5.75. The Morgan fingerprint density at radius 2 is 1.93 bits per heavy atom. The SMILES string of the molecule is Cn1c(=O)c2c(nc(SC[C@@H](O)CO)n2Cc2ccccc2Cl)n(C)c1=O. The molecule has 3 rings (SSSR count). The number of imidazole rings is 1. The van der Waals surface area contributed by atoms with Crippen LogP contribution in [0.4, 0.5) is 0 Å². The molecule has 10 heteroatoms. The van der Waals surface area contributed by atoms with Gasteiger partial charge in [0.25, 0.3) is 5.56 Å². The molecule has 0 aliphatic carbocycles. The Balaban J connectivity index is 2.22. The van der Waals surface area contributed by atoms with Gasteiger partial charge in [-0.25, -0.2) is 9.78 Å². The topological polar surface area (TPSA) is 102 Å². The molecule has 2 heterocycles. The van der Waals surface area contributed by atoms with Crippen LogP contribution in [-0.4, -0.2) is 47.4 Å². The molecule has 0 saturated heterocycles. The smallest absolute Gasteiger partial charge is 0.332 e. The number of aryl methyl sites for hydroxylation is 1. The number of aromatic nitrogens is 4. The minimum Gasteiger partial charge on any atom is -0.394 e. The first kappa shape index (κ1) is 19.7. The van der Waals surface area contributed by atoms with Gasteiger partial charge < -0.3 is 14.8 Å². The molecule has 0 saturated carbocycles. The minimum absolute atomic E-state index is 0.191. The van der Waals surface area contributed by atoms with Crippen LogP contribution in [0.2, 0.25) is 5.02 Å². The number of rotatable bonds is 6. The van der Waals surface area contributed by atoms with Gasteiger partial charge in [-0.05, 0) is 11.6 Å². The summed E-state index contributed by atoms with van der Waals surface area (Å²) in [6.45, 7) is -0.0981. The summed E-state index contributed by atoms with van der Waals surface area (Å²) in [6, 6.07) is 7.26. The molecular formula is C17H19ClN4O4S. The predicted molar refractivity (Wildman–Crippen MR) is 105 cm³/mol. The molecule has 0 spiro atoms. The van der Waals surface area contributed by atoms with Crippen LogP contribution in [0.1, 0.15) is 5.56 Å². The molecule has 8 nitrogen and oxygen atoms in total. The maximum Gasteiger partial charge on any atom is 0.332 e. The number of halogens is 1. The standard InChI is InChI=1S/C17H19ClN4O4S/c1-20-14-13(15(25)21(2)17(20)26)22(7-10-5-3-4-6-12(10)18)16(19-14)27-9-11(24)8-23/h3-6,11,23-24H,7-9H2,1-2H3/t11-/m0/s1. The highest BCUT2D eigenvalue weighted by Crippen LogP contribution is 2.25. The first-order valence-corrected chi connectivity index (χ1v) is 9.52. The van der Waals surface area contributed by atoms with Gasteiger partial charge in [0.2, 0.25) is 0 Å². The molecule has 0 fully saturated rings. The molecular weight excluding hydrogens is 392 g/mol. The monoisotopic (exact) mass is 410 g/mol. The third kappa shape index (κ3) is 3.68. The second-order valence-electron chi connectivity index (χ2n) is 6.10. The Hall–Kier alpha value is -2.07. The third-order valence-corrected chi connectivity index (χ3v) is 5.70. The van der Waals surface area contributed by atoms with Gasteiger partial charge in [0.1, 0.15) is 0 Å². The van der Waals surface area contributed by atoms with Crippen molar-refractivity contribution in [2.45, 2.75) is 17.8 Å². The number of fused-ring (bicyclic) bond motifs is 1. The van der Waals surface area contributed by atoms with E-state index in [0.29, 0.717) is 10.2 Å². The molecule has 0 bridgehead atoms. The van der Waals surface area contributed by atoms with Gasteiger partial charge >= 0.3 is 5.69 Å². The molecule has 0 unspecified atom stereocenters. The fraction of sp³-hybridized carbons (Fsp3) is 0.353. The Morgan fingerprint density at radius 3 is 2.59 bits per heavy atom. The summed E-state index contributed by atoms with van der Waals surface area (Å²) in [7, 11) is 2.97. The van der Waals surface area contributed by atoms with Crippen molar-refractivity contribution < 1.29 is 10.2 Å². The molecule has 27 heavy (non-hydrogen) atoms. The molecule has 0 amide bonds.